The first kappa shape index (κ1) is 13.3. The van der Waals surface area contributed by atoms with Gasteiger partial charge in [0.1, 0.15) is 0 Å². The highest BCUT2D eigenvalue weighted by Crippen LogP contribution is 2.14. The van der Waals surface area contributed by atoms with Gasteiger partial charge in [-0.2, -0.15) is 5.10 Å². The van der Waals surface area contributed by atoms with Crippen molar-refractivity contribution in [1.29, 1.82) is 0 Å². The van der Waals surface area contributed by atoms with Gasteiger partial charge < -0.3 is 5.11 Å². The predicted octanol–water partition coefficient (Wildman–Crippen LogP) is 2.92. The van der Waals surface area contributed by atoms with E-state index >= 15 is 0 Å². The molecule has 4 heteroatoms. The SMILES string of the molecule is CC(CCc1cnn(-c2ccccc2)c1)CC(=O)O. The van der Waals surface area contributed by atoms with Crippen molar-refractivity contribution < 1.29 is 9.90 Å². The number of hydrogen-bond donors (Lipinski definition) is 1. The Hall–Kier alpha value is -2.10. The third-order valence-corrected chi connectivity index (χ3v) is 3.11. The van der Waals surface area contributed by atoms with E-state index in [1.807, 2.05) is 54.3 Å². The fraction of sp³-hybridized carbons (Fsp3) is 0.333. The van der Waals surface area contributed by atoms with Crippen LogP contribution in [0, 0.1) is 5.92 Å². The summed E-state index contributed by atoms with van der Waals surface area (Å²) < 4.78 is 1.84. The van der Waals surface area contributed by atoms with Crippen molar-refractivity contribution in [3.63, 3.8) is 0 Å². The maximum Gasteiger partial charge on any atom is 0.303 e. The first-order valence-electron chi connectivity index (χ1n) is 6.46. The summed E-state index contributed by atoms with van der Waals surface area (Å²) in [5.74, 6) is -0.537. The molecule has 0 aliphatic carbocycles. The van der Waals surface area contributed by atoms with Gasteiger partial charge in [0.25, 0.3) is 0 Å². The van der Waals surface area contributed by atoms with E-state index in [0.717, 1.165) is 24.1 Å². The van der Waals surface area contributed by atoms with Crippen molar-refractivity contribution in [2.24, 2.45) is 5.92 Å². The van der Waals surface area contributed by atoms with Crippen LogP contribution in [-0.2, 0) is 11.2 Å². The van der Waals surface area contributed by atoms with Gasteiger partial charge >= 0.3 is 5.97 Å². The molecule has 1 N–H and O–H groups in total. The molecule has 0 bridgehead atoms. The molecule has 2 rings (SSSR count). The minimum Gasteiger partial charge on any atom is -0.481 e. The topological polar surface area (TPSA) is 55.1 Å². The van der Waals surface area contributed by atoms with Crippen LogP contribution in [-0.4, -0.2) is 20.9 Å². The number of rotatable bonds is 6. The summed E-state index contributed by atoms with van der Waals surface area (Å²) >= 11 is 0. The second kappa shape index (κ2) is 6.18. The van der Waals surface area contributed by atoms with Crippen LogP contribution in [0.2, 0.25) is 0 Å². The molecule has 1 aromatic heterocycles. The van der Waals surface area contributed by atoms with Crippen LogP contribution in [0.3, 0.4) is 0 Å². The molecule has 0 aliphatic heterocycles. The van der Waals surface area contributed by atoms with Gasteiger partial charge in [-0.1, -0.05) is 25.1 Å². The number of hydrogen-bond acceptors (Lipinski definition) is 2. The second-order valence-corrected chi connectivity index (χ2v) is 4.87. The standard InChI is InChI=1S/C15H18N2O2/c1-12(9-15(18)19)7-8-13-10-16-17(11-13)14-5-3-2-4-6-14/h2-6,10-12H,7-9H2,1H3,(H,18,19). The minimum absolute atomic E-state index is 0.192. The van der Waals surface area contributed by atoms with Crippen molar-refractivity contribution in [2.45, 2.75) is 26.2 Å². The number of benzene rings is 1. The van der Waals surface area contributed by atoms with Crippen molar-refractivity contribution in [3.8, 4) is 5.69 Å². The van der Waals surface area contributed by atoms with E-state index in [9.17, 15) is 4.79 Å². The Morgan fingerprint density at radius 1 is 1.37 bits per heavy atom. The zero-order valence-electron chi connectivity index (χ0n) is 11.0. The largest absolute Gasteiger partial charge is 0.481 e. The normalized spacial score (nSPS) is 12.3. The first-order chi connectivity index (χ1) is 9.15. The monoisotopic (exact) mass is 258 g/mol. The van der Waals surface area contributed by atoms with Crippen LogP contribution in [0.25, 0.3) is 5.69 Å². The molecule has 0 saturated carbocycles. The van der Waals surface area contributed by atoms with Gasteiger partial charge in [-0.15, -0.1) is 0 Å². The molecule has 0 amide bonds. The summed E-state index contributed by atoms with van der Waals surface area (Å²) in [5.41, 5.74) is 2.17. The van der Waals surface area contributed by atoms with Gasteiger partial charge in [-0.25, -0.2) is 4.68 Å². The molecule has 1 atom stereocenters. The molecule has 4 nitrogen and oxygen atoms in total. The number of carbonyl (C=O) groups is 1. The van der Waals surface area contributed by atoms with Gasteiger partial charge in [-0.05, 0) is 36.5 Å². The summed E-state index contributed by atoms with van der Waals surface area (Å²) in [4.78, 5) is 10.6. The Balaban J connectivity index is 1.93. The van der Waals surface area contributed by atoms with Crippen molar-refractivity contribution in [3.05, 3.63) is 48.3 Å². The molecule has 1 heterocycles. The summed E-state index contributed by atoms with van der Waals surface area (Å²) in [6.45, 7) is 1.97. The highest BCUT2D eigenvalue weighted by molar-refractivity contribution is 5.66. The van der Waals surface area contributed by atoms with Crippen LogP contribution in [0.1, 0.15) is 25.3 Å². The lowest BCUT2D eigenvalue weighted by Crippen LogP contribution is -2.05. The van der Waals surface area contributed by atoms with Crippen LogP contribution in [0.15, 0.2) is 42.7 Å². The minimum atomic E-state index is -0.729. The Bertz CT molecular complexity index is 534. The zero-order valence-corrected chi connectivity index (χ0v) is 11.0. The number of aromatic nitrogens is 2. The predicted molar refractivity (Wildman–Crippen MR) is 73.3 cm³/mol. The molecular formula is C15H18N2O2. The van der Waals surface area contributed by atoms with E-state index in [0.29, 0.717) is 0 Å². The molecule has 0 radical (unpaired) electrons. The van der Waals surface area contributed by atoms with Gasteiger partial charge in [0.2, 0.25) is 0 Å². The average Bonchev–Trinajstić information content (AvgIpc) is 2.85. The number of para-hydroxylation sites is 1. The van der Waals surface area contributed by atoms with Crippen molar-refractivity contribution in [1.82, 2.24) is 9.78 Å². The summed E-state index contributed by atoms with van der Waals surface area (Å²) in [6, 6.07) is 9.94. The summed E-state index contributed by atoms with van der Waals surface area (Å²) in [5, 5.41) is 13.0. The lowest BCUT2D eigenvalue weighted by molar-refractivity contribution is -0.138. The lowest BCUT2D eigenvalue weighted by atomic mass is 10.00. The van der Waals surface area contributed by atoms with Crippen molar-refractivity contribution in [2.75, 3.05) is 0 Å². The Morgan fingerprint density at radius 3 is 2.79 bits per heavy atom. The quantitative estimate of drug-likeness (QED) is 0.866. The Labute approximate surface area is 112 Å². The van der Waals surface area contributed by atoms with E-state index in [-0.39, 0.29) is 12.3 Å². The van der Waals surface area contributed by atoms with E-state index in [4.69, 9.17) is 5.11 Å². The van der Waals surface area contributed by atoms with Gasteiger partial charge in [0.15, 0.2) is 0 Å². The number of carboxylic acids is 1. The fourth-order valence-electron chi connectivity index (χ4n) is 2.02. The van der Waals surface area contributed by atoms with E-state index in [1.165, 1.54) is 0 Å². The summed E-state index contributed by atoms with van der Waals surface area (Å²) in [7, 11) is 0. The van der Waals surface area contributed by atoms with Crippen LogP contribution < -0.4 is 0 Å². The van der Waals surface area contributed by atoms with Crippen LogP contribution in [0.4, 0.5) is 0 Å². The fourth-order valence-corrected chi connectivity index (χ4v) is 2.02. The van der Waals surface area contributed by atoms with Gasteiger partial charge in [0.05, 0.1) is 11.9 Å². The van der Waals surface area contributed by atoms with Gasteiger partial charge in [0, 0.05) is 12.6 Å². The molecular weight excluding hydrogens is 240 g/mol. The number of carboxylic acid groups (broad SMARTS) is 1. The summed E-state index contributed by atoms with van der Waals surface area (Å²) in [6.07, 6.45) is 5.81. The highest BCUT2D eigenvalue weighted by atomic mass is 16.4. The first-order valence-corrected chi connectivity index (χ1v) is 6.46. The molecule has 2 aromatic rings. The molecule has 100 valence electrons. The number of aliphatic carboxylic acids is 1. The molecule has 0 fully saturated rings. The maximum absolute atomic E-state index is 10.6. The molecule has 0 aliphatic rings. The zero-order chi connectivity index (χ0) is 13.7. The number of aryl methyl sites for hydroxylation is 1. The molecule has 19 heavy (non-hydrogen) atoms. The van der Waals surface area contributed by atoms with E-state index < -0.39 is 5.97 Å². The maximum atomic E-state index is 10.6. The Kier molecular flexibility index (Phi) is 4.34. The van der Waals surface area contributed by atoms with Crippen LogP contribution >= 0.6 is 0 Å². The van der Waals surface area contributed by atoms with Crippen LogP contribution in [0.5, 0.6) is 0 Å². The molecule has 0 saturated heterocycles. The van der Waals surface area contributed by atoms with Crippen molar-refractivity contribution >= 4 is 5.97 Å². The molecule has 1 unspecified atom stereocenters. The number of nitrogens with zero attached hydrogens (tertiary/aromatic N) is 2. The third kappa shape index (κ3) is 3.95. The molecule has 0 spiro atoms. The Morgan fingerprint density at radius 2 is 2.11 bits per heavy atom. The lowest BCUT2D eigenvalue weighted by Gasteiger charge is -2.06. The van der Waals surface area contributed by atoms with Gasteiger partial charge in [-0.3, -0.25) is 4.79 Å². The second-order valence-electron chi connectivity index (χ2n) is 4.87. The third-order valence-electron chi connectivity index (χ3n) is 3.11. The smallest absolute Gasteiger partial charge is 0.303 e. The highest BCUT2D eigenvalue weighted by Gasteiger charge is 2.08. The van der Waals surface area contributed by atoms with E-state index in [1.54, 1.807) is 0 Å². The average molecular weight is 258 g/mol. The molecule has 1 aromatic carbocycles. The van der Waals surface area contributed by atoms with E-state index in [2.05, 4.69) is 5.10 Å².